The van der Waals surface area contributed by atoms with Crippen LogP contribution in [-0.4, -0.2) is 49.7 Å². The summed E-state index contributed by atoms with van der Waals surface area (Å²) >= 11 is 0. The lowest BCUT2D eigenvalue weighted by molar-refractivity contribution is -0.918. The summed E-state index contributed by atoms with van der Waals surface area (Å²) in [6.07, 6.45) is 0.0747. The van der Waals surface area contributed by atoms with Crippen LogP contribution in [0.4, 0.5) is 0 Å². The minimum absolute atomic E-state index is 0.260. The Kier molecular flexibility index (Phi) is 5.62. The van der Waals surface area contributed by atoms with Crippen LogP contribution in [0, 0.1) is 13.8 Å². The number of quaternary nitrogens is 1. The zero-order valence-corrected chi connectivity index (χ0v) is 13.6. The number of aliphatic hydroxyl groups is 1. The van der Waals surface area contributed by atoms with E-state index in [0.717, 1.165) is 24.4 Å². The SMILES string of the molecule is Cc1ccc(OC[C@@H](O)C[NH+]2C[C@@H](C)O[C@@H](C)C2)c(C)c1. The third-order valence-electron chi connectivity index (χ3n) is 3.90. The molecule has 1 heterocycles. The van der Waals surface area contributed by atoms with Crippen molar-refractivity contribution in [2.45, 2.75) is 46.0 Å². The van der Waals surface area contributed by atoms with Crippen LogP contribution in [0.5, 0.6) is 5.75 Å². The van der Waals surface area contributed by atoms with Crippen molar-refractivity contribution in [3.63, 3.8) is 0 Å². The van der Waals surface area contributed by atoms with Gasteiger partial charge in [-0.05, 0) is 39.3 Å². The van der Waals surface area contributed by atoms with Gasteiger partial charge >= 0.3 is 0 Å². The Morgan fingerprint density at radius 2 is 1.95 bits per heavy atom. The van der Waals surface area contributed by atoms with Gasteiger partial charge in [0.2, 0.25) is 0 Å². The monoisotopic (exact) mass is 294 g/mol. The molecule has 1 aliphatic rings. The van der Waals surface area contributed by atoms with E-state index in [9.17, 15) is 5.11 Å². The molecule has 2 rings (SSSR count). The van der Waals surface area contributed by atoms with E-state index in [4.69, 9.17) is 9.47 Å². The normalized spacial score (nSPS) is 27.4. The second-order valence-electron chi connectivity index (χ2n) is 6.35. The van der Waals surface area contributed by atoms with Crippen molar-refractivity contribution < 1.29 is 19.5 Å². The number of hydrogen-bond acceptors (Lipinski definition) is 3. The highest BCUT2D eigenvalue weighted by atomic mass is 16.5. The Hall–Kier alpha value is -1.10. The second-order valence-corrected chi connectivity index (χ2v) is 6.35. The molecule has 0 aliphatic carbocycles. The Morgan fingerprint density at radius 1 is 1.29 bits per heavy atom. The fourth-order valence-corrected chi connectivity index (χ4v) is 3.10. The van der Waals surface area contributed by atoms with Gasteiger partial charge in [-0.25, -0.2) is 0 Å². The molecule has 21 heavy (non-hydrogen) atoms. The minimum atomic E-state index is -0.446. The highest BCUT2D eigenvalue weighted by Crippen LogP contribution is 2.18. The molecule has 0 amide bonds. The Morgan fingerprint density at radius 3 is 2.57 bits per heavy atom. The highest BCUT2D eigenvalue weighted by molar-refractivity contribution is 5.35. The van der Waals surface area contributed by atoms with Crippen LogP contribution in [-0.2, 0) is 4.74 Å². The zero-order chi connectivity index (χ0) is 15.4. The Labute approximate surface area is 127 Å². The van der Waals surface area contributed by atoms with Crippen LogP contribution in [0.15, 0.2) is 18.2 Å². The lowest BCUT2D eigenvalue weighted by Gasteiger charge is -2.33. The van der Waals surface area contributed by atoms with Gasteiger partial charge in [-0.1, -0.05) is 17.7 Å². The van der Waals surface area contributed by atoms with E-state index in [-0.39, 0.29) is 12.2 Å². The van der Waals surface area contributed by atoms with Crippen LogP contribution in [0.3, 0.4) is 0 Å². The number of rotatable bonds is 5. The van der Waals surface area contributed by atoms with E-state index < -0.39 is 6.10 Å². The van der Waals surface area contributed by atoms with Crippen molar-refractivity contribution >= 4 is 0 Å². The van der Waals surface area contributed by atoms with Crippen molar-refractivity contribution in [1.82, 2.24) is 0 Å². The summed E-state index contributed by atoms with van der Waals surface area (Å²) < 4.78 is 11.5. The molecular weight excluding hydrogens is 266 g/mol. The molecule has 4 nitrogen and oxygen atoms in total. The maximum Gasteiger partial charge on any atom is 0.137 e. The number of hydrogen-bond donors (Lipinski definition) is 2. The first-order chi connectivity index (χ1) is 9.94. The van der Waals surface area contributed by atoms with Crippen molar-refractivity contribution in [2.75, 3.05) is 26.2 Å². The molecule has 0 aromatic heterocycles. The molecule has 1 fully saturated rings. The number of aryl methyl sites for hydroxylation is 2. The third kappa shape index (κ3) is 4.99. The van der Waals surface area contributed by atoms with Crippen LogP contribution in [0.25, 0.3) is 0 Å². The van der Waals surface area contributed by atoms with E-state index in [1.165, 1.54) is 10.5 Å². The number of aliphatic hydroxyl groups excluding tert-OH is 1. The molecule has 1 unspecified atom stereocenters. The van der Waals surface area contributed by atoms with Crippen molar-refractivity contribution in [2.24, 2.45) is 0 Å². The molecule has 0 radical (unpaired) electrons. The van der Waals surface area contributed by atoms with Crippen molar-refractivity contribution in [3.05, 3.63) is 29.3 Å². The van der Waals surface area contributed by atoms with Crippen LogP contribution >= 0.6 is 0 Å². The van der Waals surface area contributed by atoms with Crippen LogP contribution in [0.2, 0.25) is 0 Å². The van der Waals surface area contributed by atoms with Crippen molar-refractivity contribution in [3.8, 4) is 5.75 Å². The Balaban J connectivity index is 1.80. The number of nitrogens with one attached hydrogen (secondary N) is 1. The van der Waals surface area contributed by atoms with Crippen molar-refractivity contribution in [1.29, 1.82) is 0 Å². The molecule has 0 bridgehead atoms. The number of ether oxygens (including phenoxy) is 2. The smallest absolute Gasteiger partial charge is 0.137 e. The summed E-state index contributed by atoms with van der Waals surface area (Å²) in [5.74, 6) is 0.860. The first kappa shape index (κ1) is 16.3. The standard InChI is InChI=1S/C17H27NO3/c1-12-5-6-17(13(2)7-12)20-11-16(19)10-18-8-14(3)21-15(4)9-18/h5-7,14-16,19H,8-11H2,1-4H3/p+1/t14-,15+,16-/m0/s1. The quantitative estimate of drug-likeness (QED) is 0.842. The molecule has 0 saturated carbocycles. The molecule has 1 aromatic rings. The summed E-state index contributed by atoms with van der Waals surface area (Å²) in [7, 11) is 0. The van der Waals surface area contributed by atoms with Gasteiger partial charge < -0.3 is 19.5 Å². The molecule has 1 aromatic carbocycles. The minimum Gasteiger partial charge on any atom is -0.490 e. The first-order valence-corrected chi connectivity index (χ1v) is 7.81. The van der Waals surface area contributed by atoms with Gasteiger partial charge in [0.15, 0.2) is 0 Å². The summed E-state index contributed by atoms with van der Waals surface area (Å²) in [6, 6.07) is 6.10. The summed E-state index contributed by atoms with van der Waals surface area (Å²) in [5.41, 5.74) is 2.34. The lowest BCUT2D eigenvalue weighted by Crippen LogP contribution is -3.16. The second kappa shape index (κ2) is 7.25. The molecule has 0 spiro atoms. The highest BCUT2D eigenvalue weighted by Gasteiger charge is 2.27. The molecule has 1 saturated heterocycles. The van der Waals surface area contributed by atoms with Gasteiger partial charge in [0, 0.05) is 0 Å². The van der Waals surface area contributed by atoms with E-state index in [0.29, 0.717) is 13.2 Å². The molecule has 2 N–H and O–H groups in total. The molecule has 1 aliphatic heterocycles. The van der Waals surface area contributed by atoms with Gasteiger partial charge in [0.25, 0.3) is 0 Å². The van der Waals surface area contributed by atoms with Gasteiger partial charge in [0.05, 0.1) is 0 Å². The van der Waals surface area contributed by atoms with Gasteiger partial charge in [0.1, 0.15) is 50.3 Å². The van der Waals surface area contributed by atoms with Crippen LogP contribution < -0.4 is 9.64 Å². The lowest BCUT2D eigenvalue weighted by atomic mass is 10.1. The largest absolute Gasteiger partial charge is 0.490 e. The van der Waals surface area contributed by atoms with Gasteiger partial charge in [-0.15, -0.1) is 0 Å². The van der Waals surface area contributed by atoms with E-state index >= 15 is 0 Å². The van der Waals surface area contributed by atoms with E-state index in [2.05, 4.69) is 26.8 Å². The molecule has 4 atom stereocenters. The van der Waals surface area contributed by atoms with Gasteiger partial charge in [-0.3, -0.25) is 0 Å². The fourth-order valence-electron chi connectivity index (χ4n) is 3.10. The van der Waals surface area contributed by atoms with E-state index in [1.54, 1.807) is 0 Å². The number of benzene rings is 1. The predicted octanol–water partition coefficient (Wildman–Crippen LogP) is 0.735. The fraction of sp³-hybridized carbons (Fsp3) is 0.647. The summed E-state index contributed by atoms with van der Waals surface area (Å²) in [4.78, 5) is 1.39. The number of morpholine rings is 1. The maximum absolute atomic E-state index is 10.2. The van der Waals surface area contributed by atoms with Crippen LogP contribution in [0.1, 0.15) is 25.0 Å². The summed E-state index contributed by atoms with van der Waals surface area (Å²) in [5, 5.41) is 10.2. The average Bonchev–Trinajstić information content (AvgIpc) is 2.36. The molecular formula is C17H28NO3+. The maximum atomic E-state index is 10.2. The summed E-state index contributed by atoms with van der Waals surface area (Å²) in [6.45, 7) is 11.2. The zero-order valence-electron chi connectivity index (χ0n) is 13.6. The van der Waals surface area contributed by atoms with Gasteiger partial charge in [-0.2, -0.15) is 0 Å². The average molecular weight is 294 g/mol. The Bertz CT molecular complexity index is 453. The first-order valence-electron chi connectivity index (χ1n) is 7.81. The van der Waals surface area contributed by atoms with E-state index in [1.807, 2.05) is 19.1 Å². The third-order valence-corrected chi connectivity index (χ3v) is 3.90. The topological polar surface area (TPSA) is 43.1 Å². The molecule has 118 valence electrons. The molecule has 4 heteroatoms. The predicted molar refractivity (Wildman–Crippen MR) is 83.0 cm³/mol.